The second kappa shape index (κ2) is 7.22. The van der Waals surface area contributed by atoms with Crippen molar-refractivity contribution in [2.75, 3.05) is 5.32 Å². The summed E-state index contributed by atoms with van der Waals surface area (Å²) in [7, 11) is -4.51. The molecule has 0 spiro atoms. The molecule has 0 saturated heterocycles. The quantitative estimate of drug-likeness (QED) is 0.793. The Morgan fingerprint density at radius 2 is 1.74 bits per heavy atom. The first kappa shape index (κ1) is 19.3. The molecule has 5 nitrogen and oxygen atoms in total. The number of nitrogens with one attached hydrogen (secondary N) is 1. The lowest BCUT2D eigenvalue weighted by Gasteiger charge is -2.08. The van der Waals surface area contributed by atoms with E-state index in [0.29, 0.717) is 0 Å². The lowest BCUT2D eigenvalue weighted by molar-refractivity contribution is 0.102. The molecular weight excluding hydrogens is 375 g/mol. The van der Waals surface area contributed by atoms with Gasteiger partial charge in [-0.1, -0.05) is 11.6 Å². The monoisotopic (exact) mass is 383 g/mol. The molecule has 10 heteroatoms. The Morgan fingerprint density at radius 1 is 1.09 bits per heavy atom. The Kier molecular flexibility index (Phi) is 6.06. The van der Waals surface area contributed by atoms with Gasteiger partial charge in [-0.3, -0.25) is 9.35 Å². The van der Waals surface area contributed by atoms with Crippen molar-refractivity contribution in [1.29, 1.82) is 0 Å². The van der Waals surface area contributed by atoms with Crippen molar-refractivity contribution in [3.63, 3.8) is 0 Å². The number of carbonyl (C=O) groups excluding carboxylic acids is 1. The van der Waals surface area contributed by atoms with Gasteiger partial charge in [-0.05, 0) is 30.3 Å². The van der Waals surface area contributed by atoms with Crippen molar-refractivity contribution in [3.05, 3.63) is 58.6 Å². The summed E-state index contributed by atoms with van der Waals surface area (Å²) in [6, 6.07) is 5.70. The minimum Gasteiger partial charge on any atom is -0.322 e. The van der Waals surface area contributed by atoms with Crippen LogP contribution in [0.5, 0.6) is 0 Å². The predicted molar refractivity (Wildman–Crippen MR) is 82.8 cm³/mol. The highest BCUT2D eigenvalue weighted by atomic mass is 35.5. The smallest absolute Gasteiger partial charge is 0.294 e. The summed E-state index contributed by atoms with van der Waals surface area (Å²) in [6.07, 6.45) is 0. The third kappa shape index (κ3) is 4.61. The molecule has 0 aliphatic carbocycles. The molecule has 124 valence electrons. The van der Waals surface area contributed by atoms with Gasteiger partial charge < -0.3 is 5.32 Å². The van der Waals surface area contributed by atoms with Crippen LogP contribution in [0.1, 0.15) is 10.4 Å². The van der Waals surface area contributed by atoms with Crippen LogP contribution in [0.25, 0.3) is 0 Å². The molecule has 2 rings (SSSR count). The summed E-state index contributed by atoms with van der Waals surface area (Å²) >= 11 is 5.79. The molecule has 2 N–H and O–H groups in total. The van der Waals surface area contributed by atoms with Gasteiger partial charge in [-0.15, -0.1) is 12.4 Å². The van der Waals surface area contributed by atoms with Gasteiger partial charge in [-0.2, -0.15) is 8.42 Å². The molecule has 0 fully saturated rings. The minimum atomic E-state index is -4.51. The van der Waals surface area contributed by atoms with E-state index in [0.717, 1.165) is 36.4 Å². The lowest BCUT2D eigenvalue weighted by Crippen LogP contribution is -2.13. The number of carbonyl (C=O) groups is 1. The van der Waals surface area contributed by atoms with E-state index in [1.165, 1.54) is 0 Å². The van der Waals surface area contributed by atoms with Gasteiger partial charge in [0.15, 0.2) is 11.6 Å². The average molecular weight is 384 g/mol. The van der Waals surface area contributed by atoms with Crippen molar-refractivity contribution in [1.82, 2.24) is 0 Å². The van der Waals surface area contributed by atoms with Crippen molar-refractivity contribution in [2.45, 2.75) is 4.90 Å². The van der Waals surface area contributed by atoms with Gasteiger partial charge in [0.1, 0.15) is 0 Å². The zero-order chi connectivity index (χ0) is 16.5. The zero-order valence-corrected chi connectivity index (χ0v) is 13.5. The summed E-state index contributed by atoms with van der Waals surface area (Å²) in [6.45, 7) is 0. The van der Waals surface area contributed by atoms with E-state index in [2.05, 4.69) is 5.32 Å². The molecule has 0 unspecified atom stereocenters. The fourth-order valence-corrected chi connectivity index (χ4v) is 2.32. The van der Waals surface area contributed by atoms with E-state index in [-0.39, 0.29) is 28.7 Å². The first-order chi connectivity index (χ1) is 10.2. The van der Waals surface area contributed by atoms with Crippen LogP contribution in [0.3, 0.4) is 0 Å². The number of benzene rings is 2. The molecule has 0 aliphatic heterocycles. The fourth-order valence-electron chi connectivity index (χ4n) is 1.61. The molecule has 1 amide bonds. The van der Waals surface area contributed by atoms with E-state index >= 15 is 0 Å². The molecule has 0 saturated carbocycles. The molecule has 0 aliphatic rings. The zero-order valence-electron chi connectivity index (χ0n) is 11.1. The highest BCUT2D eigenvalue weighted by Crippen LogP contribution is 2.22. The fraction of sp³-hybridized carbons (Fsp3) is 0. The highest BCUT2D eigenvalue weighted by molar-refractivity contribution is 7.85. The number of hydrogen-bond donors (Lipinski definition) is 2. The topological polar surface area (TPSA) is 83.5 Å². The minimum absolute atomic E-state index is 0. The SMILES string of the molecule is Cl.O=C(Nc1ccc(F)c(F)c1)c1cc(S(=O)(=O)O)ccc1Cl. The van der Waals surface area contributed by atoms with Crippen LogP contribution in [0.2, 0.25) is 5.02 Å². The maximum atomic E-state index is 13.1. The maximum absolute atomic E-state index is 13.1. The second-order valence-corrected chi connectivity index (χ2v) is 6.03. The van der Waals surface area contributed by atoms with Gasteiger partial charge in [0.25, 0.3) is 16.0 Å². The van der Waals surface area contributed by atoms with E-state index in [9.17, 15) is 22.0 Å². The van der Waals surface area contributed by atoms with Crippen molar-refractivity contribution in [3.8, 4) is 0 Å². The maximum Gasteiger partial charge on any atom is 0.294 e. The van der Waals surface area contributed by atoms with E-state index in [1.807, 2.05) is 0 Å². The Labute approximate surface area is 141 Å². The van der Waals surface area contributed by atoms with Crippen molar-refractivity contribution in [2.24, 2.45) is 0 Å². The third-order valence-electron chi connectivity index (χ3n) is 2.66. The number of amides is 1. The van der Waals surface area contributed by atoms with Gasteiger partial charge in [0.05, 0.1) is 15.5 Å². The summed E-state index contributed by atoms with van der Waals surface area (Å²) in [5.41, 5.74) is -0.293. The Bertz CT molecular complexity index is 859. The van der Waals surface area contributed by atoms with Gasteiger partial charge in [0, 0.05) is 11.8 Å². The van der Waals surface area contributed by atoms with Crippen LogP contribution >= 0.6 is 24.0 Å². The number of hydrogen-bond acceptors (Lipinski definition) is 3. The average Bonchev–Trinajstić information content (AvgIpc) is 2.42. The molecule has 0 heterocycles. The van der Waals surface area contributed by atoms with E-state index < -0.39 is 32.6 Å². The lowest BCUT2D eigenvalue weighted by atomic mass is 10.2. The number of rotatable bonds is 3. The van der Waals surface area contributed by atoms with E-state index in [4.69, 9.17) is 16.2 Å². The first-order valence-corrected chi connectivity index (χ1v) is 7.54. The Balaban J connectivity index is 0.00000264. The number of anilines is 1. The first-order valence-electron chi connectivity index (χ1n) is 5.72. The van der Waals surface area contributed by atoms with Crippen LogP contribution < -0.4 is 5.32 Å². The van der Waals surface area contributed by atoms with Crippen LogP contribution in [-0.4, -0.2) is 18.9 Å². The van der Waals surface area contributed by atoms with Gasteiger partial charge in [0.2, 0.25) is 0 Å². The largest absolute Gasteiger partial charge is 0.322 e. The molecule has 0 bridgehead atoms. The standard InChI is InChI=1S/C13H8ClF2NO4S.ClH/c14-10-3-2-8(22(19,20)21)6-9(10)13(18)17-7-1-4-11(15)12(16)5-7;/h1-6H,(H,17,18)(H,19,20,21);1H. The third-order valence-corrected chi connectivity index (χ3v) is 3.84. The molecule has 2 aromatic rings. The van der Waals surface area contributed by atoms with Crippen LogP contribution in [0.4, 0.5) is 14.5 Å². The van der Waals surface area contributed by atoms with E-state index in [1.54, 1.807) is 0 Å². The summed E-state index contributed by atoms with van der Waals surface area (Å²) in [5.74, 6) is -3.08. The van der Waals surface area contributed by atoms with Crippen molar-refractivity contribution >= 4 is 45.7 Å². The van der Waals surface area contributed by atoms with Gasteiger partial charge in [-0.25, -0.2) is 8.78 Å². The highest BCUT2D eigenvalue weighted by Gasteiger charge is 2.17. The van der Waals surface area contributed by atoms with Gasteiger partial charge >= 0.3 is 0 Å². The predicted octanol–water partition coefficient (Wildman–Crippen LogP) is 3.54. The molecule has 2 aromatic carbocycles. The molecule has 0 aromatic heterocycles. The Morgan fingerprint density at radius 3 is 2.30 bits per heavy atom. The molecule has 0 atom stereocenters. The molecule has 0 radical (unpaired) electrons. The molecule has 23 heavy (non-hydrogen) atoms. The second-order valence-electron chi connectivity index (χ2n) is 4.20. The summed E-state index contributed by atoms with van der Waals surface area (Å²) < 4.78 is 56.9. The molecular formula is C13H9Cl2F2NO4S. The van der Waals surface area contributed by atoms with Crippen LogP contribution in [0, 0.1) is 11.6 Å². The summed E-state index contributed by atoms with van der Waals surface area (Å²) in [4.78, 5) is 11.5. The van der Waals surface area contributed by atoms with Crippen LogP contribution in [-0.2, 0) is 10.1 Å². The Hall–Kier alpha value is -1.74. The summed E-state index contributed by atoms with van der Waals surface area (Å²) in [5, 5.41) is 2.16. The van der Waals surface area contributed by atoms with Crippen LogP contribution in [0.15, 0.2) is 41.3 Å². The van der Waals surface area contributed by atoms with Crippen molar-refractivity contribution < 1.29 is 26.5 Å². The number of halogens is 4. The normalized spacial score (nSPS) is 10.8.